The molecule has 0 spiro atoms. The van der Waals surface area contributed by atoms with Crippen LogP contribution in [-0.4, -0.2) is 47.0 Å². The highest BCUT2D eigenvalue weighted by Gasteiger charge is 2.35. The predicted molar refractivity (Wildman–Crippen MR) is 89.0 cm³/mol. The van der Waals surface area contributed by atoms with Gasteiger partial charge in [0, 0.05) is 26.1 Å². The molecule has 1 fully saturated rings. The molecule has 0 N–H and O–H groups in total. The van der Waals surface area contributed by atoms with E-state index in [-0.39, 0.29) is 17.8 Å². The molecule has 5 nitrogen and oxygen atoms in total. The van der Waals surface area contributed by atoms with Crippen molar-refractivity contribution in [1.29, 1.82) is 0 Å². The lowest BCUT2D eigenvalue weighted by Gasteiger charge is -2.42. The van der Waals surface area contributed by atoms with Crippen LogP contribution in [0.4, 0.5) is 9.18 Å². The first kappa shape index (κ1) is 18.2. The summed E-state index contributed by atoms with van der Waals surface area (Å²) in [5.74, 6) is -0.286. The van der Waals surface area contributed by atoms with Crippen LogP contribution in [0.3, 0.4) is 0 Å². The Kier molecular flexibility index (Phi) is 5.47. The van der Waals surface area contributed by atoms with Crippen LogP contribution in [-0.2, 0) is 9.53 Å². The normalized spacial score (nSPS) is 18.5. The van der Waals surface area contributed by atoms with Gasteiger partial charge in [-0.2, -0.15) is 0 Å². The number of piperazine rings is 1. The van der Waals surface area contributed by atoms with E-state index >= 15 is 0 Å². The molecule has 1 aromatic rings. The minimum Gasteiger partial charge on any atom is -0.444 e. The largest absolute Gasteiger partial charge is 0.444 e. The Hall–Kier alpha value is -2.11. The number of ether oxygens (including phenoxy) is 1. The maximum Gasteiger partial charge on any atom is 0.410 e. The quantitative estimate of drug-likeness (QED) is 0.832. The minimum atomic E-state index is -0.596. The van der Waals surface area contributed by atoms with Crippen molar-refractivity contribution in [2.24, 2.45) is 0 Å². The van der Waals surface area contributed by atoms with Crippen LogP contribution >= 0.6 is 0 Å². The maximum absolute atomic E-state index is 13.2. The summed E-state index contributed by atoms with van der Waals surface area (Å²) in [5.41, 5.74) is 0.191. The van der Waals surface area contributed by atoms with E-state index < -0.39 is 11.7 Å². The van der Waals surface area contributed by atoms with Crippen molar-refractivity contribution in [3.8, 4) is 0 Å². The number of rotatable bonds is 2. The number of hydrogen-bond acceptors (Lipinski definition) is 3. The van der Waals surface area contributed by atoms with Crippen molar-refractivity contribution >= 4 is 12.0 Å². The fourth-order valence-corrected chi connectivity index (χ4v) is 2.74. The van der Waals surface area contributed by atoms with Gasteiger partial charge in [-0.25, -0.2) is 9.18 Å². The van der Waals surface area contributed by atoms with E-state index in [1.807, 2.05) is 27.7 Å². The van der Waals surface area contributed by atoms with Crippen molar-refractivity contribution in [2.45, 2.75) is 45.8 Å². The SMILES string of the molecule is CCC(=O)N1CCN(C(=O)OC(C)(C)C)C(c2ccc(F)cc2)C1. The van der Waals surface area contributed by atoms with E-state index in [4.69, 9.17) is 4.74 Å². The molecule has 1 aromatic carbocycles. The van der Waals surface area contributed by atoms with Crippen molar-refractivity contribution in [1.82, 2.24) is 9.80 Å². The van der Waals surface area contributed by atoms with Gasteiger partial charge in [-0.15, -0.1) is 0 Å². The third-order valence-corrected chi connectivity index (χ3v) is 3.92. The van der Waals surface area contributed by atoms with Crippen LogP contribution in [0.25, 0.3) is 0 Å². The summed E-state index contributed by atoms with van der Waals surface area (Å²) in [7, 11) is 0. The second kappa shape index (κ2) is 7.20. The van der Waals surface area contributed by atoms with Gasteiger partial charge in [0.1, 0.15) is 11.4 Å². The maximum atomic E-state index is 13.2. The smallest absolute Gasteiger partial charge is 0.410 e. The van der Waals surface area contributed by atoms with Crippen LogP contribution in [0.2, 0.25) is 0 Å². The van der Waals surface area contributed by atoms with Crippen LogP contribution < -0.4 is 0 Å². The van der Waals surface area contributed by atoms with Crippen LogP contribution in [0.5, 0.6) is 0 Å². The molecule has 0 bridgehead atoms. The summed E-state index contributed by atoms with van der Waals surface area (Å²) in [5, 5.41) is 0. The molecule has 2 rings (SSSR count). The number of benzene rings is 1. The van der Waals surface area contributed by atoms with E-state index in [1.54, 1.807) is 21.9 Å². The molecule has 24 heavy (non-hydrogen) atoms. The molecule has 0 aromatic heterocycles. The lowest BCUT2D eigenvalue weighted by atomic mass is 10.0. The Morgan fingerprint density at radius 2 is 1.83 bits per heavy atom. The molecule has 132 valence electrons. The average Bonchev–Trinajstić information content (AvgIpc) is 2.52. The molecular formula is C18H25FN2O3. The minimum absolute atomic E-state index is 0.0472. The Bertz CT molecular complexity index is 595. The number of amides is 2. The van der Waals surface area contributed by atoms with Gasteiger partial charge in [0.2, 0.25) is 5.91 Å². The van der Waals surface area contributed by atoms with Crippen LogP contribution in [0.15, 0.2) is 24.3 Å². The molecule has 1 heterocycles. The average molecular weight is 336 g/mol. The Morgan fingerprint density at radius 1 is 1.21 bits per heavy atom. The van der Waals surface area contributed by atoms with Gasteiger partial charge < -0.3 is 9.64 Å². The highest BCUT2D eigenvalue weighted by atomic mass is 19.1. The van der Waals surface area contributed by atoms with Crippen LogP contribution in [0.1, 0.15) is 45.7 Å². The second-order valence-electron chi connectivity index (χ2n) is 6.93. The standard InChI is InChI=1S/C18H25FN2O3/c1-5-16(22)20-10-11-21(17(23)24-18(2,3)4)15(12-20)13-6-8-14(19)9-7-13/h6-9,15H,5,10-12H2,1-4H3. The van der Waals surface area contributed by atoms with Gasteiger partial charge in [0.05, 0.1) is 6.04 Å². The zero-order valence-electron chi connectivity index (χ0n) is 14.7. The summed E-state index contributed by atoms with van der Waals surface area (Å²) in [4.78, 5) is 27.9. The monoisotopic (exact) mass is 336 g/mol. The van der Waals surface area contributed by atoms with Gasteiger partial charge in [0.15, 0.2) is 0 Å². The fourth-order valence-electron chi connectivity index (χ4n) is 2.74. The fraction of sp³-hybridized carbons (Fsp3) is 0.556. The Morgan fingerprint density at radius 3 is 2.38 bits per heavy atom. The van der Waals surface area contributed by atoms with Crippen molar-refractivity contribution in [2.75, 3.05) is 19.6 Å². The van der Waals surface area contributed by atoms with E-state index in [9.17, 15) is 14.0 Å². The number of hydrogen-bond donors (Lipinski definition) is 0. The summed E-state index contributed by atoms with van der Waals surface area (Å²) in [6.45, 7) is 8.51. The van der Waals surface area contributed by atoms with Gasteiger partial charge in [-0.05, 0) is 38.5 Å². The van der Waals surface area contributed by atoms with Crippen molar-refractivity contribution in [3.05, 3.63) is 35.6 Å². The number of carbonyl (C=O) groups is 2. The summed E-state index contributed by atoms with van der Waals surface area (Å²) in [6.07, 6.45) is 0.00295. The summed E-state index contributed by atoms with van der Waals surface area (Å²) >= 11 is 0. The van der Waals surface area contributed by atoms with E-state index in [0.29, 0.717) is 26.1 Å². The van der Waals surface area contributed by atoms with E-state index in [1.165, 1.54) is 12.1 Å². The lowest BCUT2D eigenvalue weighted by Crippen LogP contribution is -2.53. The summed E-state index contributed by atoms with van der Waals surface area (Å²) in [6, 6.07) is 5.69. The highest BCUT2D eigenvalue weighted by Crippen LogP contribution is 2.28. The molecule has 1 unspecified atom stereocenters. The predicted octanol–water partition coefficient (Wildman–Crippen LogP) is 3.36. The first-order valence-corrected chi connectivity index (χ1v) is 8.24. The first-order valence-electron chi connectivity index (χ1n) is 8.24. The molecule has 0 aliphatic carbocycles. The van der Waals surface area contributed by atoms with Gasteiger partial charge >= 0.3 is 6.09 Å². The van der Waals surface area contributed by atoms with Gasteiger partial charge in [0.25, 0.3) is 0 Å². The number of carbonyl (C=O) groups excluding carboxylic acids is 2. The van der Waals surface area contributed by atoms with E-state index in [0.717, 1.165) is 5.56 Å². The molecule has 1 atom stereocenters. The first-order chi connectivity index (χ1) is 11.2. The zero-order chi connectivity index (χ0) is 17.9. The number of halogens is 1. The highest BCUT2D eigenvalue weighted by molar-refractivity contribution is 5.76. The molecule has 1 aliphatic rings. The van der Waals surface area contributed by atoms with Crippen LogP contribution in [0, 0.1) is 5.82 Å². The third-order valence-electron chi connectivity index (χ3n) is 3.92. The number of nitrogens with zero attached hydrogens (tertiary/aromatic N) is 2. The summed E-state index contributed by atoms with van der Waals surface area (Å²) < 4.78 is 18.7. The van der Waals surface area contributed by atoms with Gasteiger partial charge in [-0.1, -0.05) is 19.1 Å². The molecular weight excluding hydrogens is 311 g/mol. The van der Waals surface area contributed by atoms with E-state index in [2.05, 4.69) is 0 Å². The second-order valence-corrected chi connectivity index (χ2v) is 6.93. The third kappa shape index (κ3) is 4.46. The molecule has 1 aliphatic heterocycles. The van der Waals surface area contributed by atoms with Crippen molar-refractivity contribution < 1.29 is 18.7 Å². The van der Waals surface area contributed by atoms with Crippen molar-refractivity contribution in [3.63, 3.8) is 0 Å². The molecule has 2 amide bonds. The molecule has 0 saturated carbocycles. The topological polar surface area (TPSA) is 49.9 Å². The molecule has 1 saturated heterocycles. The Labute approximate surface area is 142 Å². The lowest BCUT2D eigenvalue weighted by molar-refractivity contribution is -0.134. The Balaban J connectivity index is 2.26. The van der Waals surface area contributed by atoms with Gasteiger partial charge in [-0.3, -0.25) is 9.69 Å². The molecule has 0 radical (unpaired) electrons. The molecule has 6 heteroatoms. The zero-order valence-corrected chi connectivity index (χ0v) is 14.7.